The van der Waals surface area contributed by atoms with Crippen molar-refractivity contribution < 1.29 is 28.5 Å². The number of nitrogens with zero attached hydrogens (tertiary/aromatic N) is 1. The topological polar surface area (TPSA) is 173 Å². The van der Waals surface area contributed by atoms with Crippen LogP contribution in [0.4, 0.5) is 0 Å². The normalized spacial score (nSPS) is 11.9. The molecular weight excluding hydrogens is 1710 g/mol. The molecule has 0 aliphatic rings. The van der Waals surface area contributed by atoms with Crippen molar-refractivity contribution in [1.82, 2.24) is 40.1 Å². The van der Waals surface area contributed by atoms with Gasteiger partial charge in [-0.2, -0.15) is 0 Å². The van der Waals surface area contributed by atoms with Crippen molar-refractivity contribution in [2.75, 3.05) is 62.2 Å². The molecule has 137 heavy (non-hydrogen) atoms. The lowest BCUT2D eigenvalue weighted by atomic mass is 9.81. The molecule has 0 bridgehead atoms. The van der Waals surface area contributed by atoms with Gasteiger partial charge < -0.3 is 63.8 Å². The highest BCUT2D eigenvalue weighted by molar-refractivity contribution is 6.30. The van der Waals surface area contributed by atoms with E-state index >= 15 is 0 Å². The molecule has 0 aliphatic carbocycles. The summed E-state index contributed by atoms with van der Waals surface area (Å²) in [6.07, 6.45) is 11.9. The van der Waals surface area contributed by atoms with Crippen LogP contribution in [0.3, 0.4) is 0 Å². The van der Waals surface area contributed by atoms with Crippen molar-refractivity contribution in [3.63, 3.8) is 0 Å². The van der Waals surface area contributed by atoms with Crippen molar-refractivity contribution in [3.05, 3.63) is 329 Å². The monoisotopic (exact) mass is 1850 g/mol. The first-order valence-electron chi connectivity index (χ1n) is 47.7. The second-order valence-electron chi connectivity index (χ2n) is 42.2. The summed E-state index contributed by atoms with van der Waals surface area (Å²) in [4.78, 5) is 34.2. The second kappa shape index (κ2) is 42.5. The van der Waals surface area contributed by atoms with Crippen molar-refractivity contribution in [2.45, 2.75) is 184 Å². The number of amides is 1. The van der Waals surface area contributed by atoms with Crippen molar-refractivity contribution in [2.24, 2.45) is 0 Å². The quantitative estimate of drug-likeness (QED) is 0.0475. The third kappa shape index (κ3) is 24.0. The summed E-state index contributed by atoms with van der Waals surface area (Å²) in [6.45, 7) is 49.0. The largest absolute Gasteiger partial charge is 0.496 e. The maximum atomic E-state index is 12.3. The number of carbonyl (C=O) groups is 1. The van der Waals surface area contributed by atoms with Gasteiger partial charge in [0, 0.05) is 111 Å². The number of aromatic amines is 6. The van der Waals surface area contributed by atoms with E-state index in [1.165, 1.54) is 121 Å². The molecule has 1 amide bonds. The van der Waals surface area contributed by atoms with Crippen LogP contribution in [0.1, 0.15) is 201 Å². The molecule has 7 N–H and O–H groups in total. The Labute approximate surface area is 817 Å². The summed E-state index contributed by atoms with van der Waals surface area (Å²) >= 11 is 6.11. The molecule has 6 heterocycles. The van der Waals surface area contributed by atoms with Gasteiger partial charge in [0.15, 0.2) is 0 Å². The predicted octanol–water partition coefficient (Wildman–Crippen LogP) is 32.3. The van der Waals surface area contributed by atoms with Gasteiger partial charge in [0.25, 0.3) is 5.91 Å². The molecule has 0 atom stereocenters. The standard InChI is InChI=1S/C23H29N3O.C21H25N.C20H23NO2.C20H23NO.C19H20ClNO.C19H21NO/c1-23(2,3)20-15-21-18(10-11-24-21)14-19(20)16-6-8-17(9-7-16)22(27)25-12-13-26(4)5;1-14(2)15-6-8-16(9-7-15)18-12-17-10-11-22-20(17)13-19(18)21(3,4)5;1-20(2,3)15-12-16-13(9-10-21-16)11-14(15)19-17(22-4)7-6-8-18(19)23-5;1-5-22-19-9-7-6-8-15(19)16-12-14-10-11-21-18(14)13-17(16)20(2,3)4;1-19(2,3)16-11-17-12(7-8-21-17)9-15(16)14-6-5-13(20)10-18(14)22-4;1-19(2,3)16-12-17-13(9-10-20-17)11-15(16)14-7-5-6-8-18(14)21-4/h6-11,14-15,24H,12-13H2,1-5H3,(H,25,27);6-14,22H,1-5H3;6-12,21H,1-5H3;6-13,21H,5H2,1-4H3;5-11,21H,1-4H3;5-12,20H,1-4H3. The van der Waals surface area contributed by atoms with Crippen LogP contribution in [-0.4, -0.2) is 103 Å². The van der Waals surface area contributed by atoms with Crippen LogP contribution < -0.4 is 29.0 Å². The number of halogens is 1. The molecule has 712 valence electrons. The first kappa shape index (κ1) is 101. The maximum absolute atomic E-state index is 12.3. The third-order valence-corrected chi connectivity index (χ3v) is 25.4. The molecule has 0 radical (unpaired) electrons. The van der Waals surface area contributed by atoms with E-state index in [1.54, 1.807) is 28.4 Å². The van der Waals surface area contributed by atoms with Gasteiger partial charge in [-0.05, 0) is 339 Å². The number of carbonyl (C=O) groups excluding carboxylic acids is 1. The molecule has 0 fully saturated rings. The van der Waals surface area contributed by atoms with E-state index in [-0.39, 0.29) is 38.4 Å². The molecule has 18 rings (SSSR count). The number of methoxy groups -OCH3 is 4. The molecule has 18 aromatic rings. The predicted molar refractivity (Wildman–Crippen MR) is 582 cm³/mol. The van der Waals surface area contributed by atoms with Gasteiger partial charge in [-0.15, -0.1) is 0 Å². The summed E-state index contributed by atoms with van der Waals surface area (Å²) in [5.74, 6) is 4.86. The Kier molecular flexibility index (Phi) is 31.3. The van der Waals surface area contributed by atoms with E-state index in [2.05, 4.69) is 336 Å². The third-order valence-electron chi connectivity index (χ3n) is 25.2. The van der Waals surface area contributed by atoms with E-state index in [9.17, 15) is 4.79 Å². The van der Waals surface area contributed by atoms with Crippen LogP contribution in [-0.2, 0) is 32.5 Å². The smallest absolute Gasteiger partial charge is 0.251 e. The Hall–Kier alpha value is -13.4. The Morgan fingerprint density at radius 3 is 0.964 bits per heavy atom. The minimum absolute atomic E-state index is 0.000494. The fraction of sp³-hybridized carbons (Fsp3) is 0.303. The van der Waals surface area contributed by atoms with E-state index in [4.69, 9.17) is 35.3 Å². The van der Waals surface area contributed by atoms with Gasteiger partial charge in [0.2, 0.25) is 0 Å². The summed E-state index contributed by atoms with van der Waals surface area (Å²) in [5.41, 5.74) is 31.5. The van der Waals surface area contributed by atoms with E-state index < -0.39 is 0 Å². The molecule has 0 saturated carbocycles. The Morgan fingerprint density at radius 1 is 0.328 bits per heavy atom. The zero-order valence-electron chi connectivity index (χ0n) is 85.5. The number of benzene rings is 12. The van der Waals surface area contributed by atoms with Crippen LogP contribution in [0.25, 0.3) is 132 Å². The molecule has 0 unspecified atom stereocenters. The van der Waals surface area contributed by atoms with Crippen molar-refractivity contribution in [3.8, 4) is 95.5 Å². The van der Waals surface area contributed by atoms with Gasteiger partial charge >= 0.3 is 0 Å². The fourth-order valence-corrected chi connectivity index (χ4v) is 18.0. The lowest BCUT2D eigenvalue weighted by molar-refractivity contribution is 0.0951. The highest BCUT2D eigenvalue weighted by Crippen LogP contribution is 2.48. The first-order valence-corrected chi connectivity index (χ1v) is 48.1. The summed E-state index contributed by atoms with van der Waals surface area (Å²) in [7, 11) is 10.8. The Morgan fingerprint density at radius 2 is 0.628 bits per heavy atom. The summed E-state index contributed by atoms with van der Waals surface area (Å²) < 4.78 is 28.2. The summed E-state index contributed by atoms with van der Waals surface area (Å²) in [5, 5.41) is 10.9. The SMILES string of the molecule is CC(C)c1ccc(-c2cc3cc[nH]c3cc2C(C)(C)C)cc1.CCOc1ccccc1-c1cc2cc[nH]c2cc1C(C)(C)C.CN(C)CCNC(=O)c1ccc(-c2cc3cc[nH]c3cc2C(C)(C)C)cc1.COc1cc(Cl)ccc1-c1cc2cc[nH]c2cc1C(C)(C)C.COc1cccc(OC)c1-c1cc2cc[nH]c2cc1C(C)(C)C.COc1ccccc1-c1cc2cc[nH]c2cc1C(C)(C)C. The Balaban J connectivity index is 0.000000139. The van der Waals surface area contributed by atoms with Gasteiger partial charge in [-0.3, -0.25) is 4.79 Å². The lowest BCUT2D eigenvalue weighted by Crippen LogP contribution is -2.31. The molecular formula is C122H141ClN8O6. The minimum Gasteiger partial charge on any atom is -0.496 e. The zero-order chi connectivity index (χ0) is 98.8. The number of H-pyrrole nitrogens is 6. The Bertz CT molecular complexity index is 7140. The van der Waals surface area contributed by atoms with Crippen LogP contribution in [0.15, 0.2) is 280 Å². The minimum atomic E-state index is -0.0273. The van der Waals surface area contributed by atoms with Crippen molar-refractivity contribution >= 4 is 82.9 Å². The highest BCUT2D eigenvalue weighted by Gasteiger charge is 2.30. The van der Waals surface area contributed by atoms with Gasteiger partial charge in [0.05, 0.1) is 40.6 Å². The van der Waals surface area contributed by atoms with Crippen LogP contribution in [0.5, 0.6) is 28.7 Å². The summed E-state index contributed by atoms with van der Waals surface area (Å²) in [6, 6.07) is 84.9. The number of ether oxygens (including phenoxy) is 5. The van der Waals surface area contributed by atoms with Gasteiger partial charge in [-0.1, -0.05) is 229 Å². The van der Waals surface area contributed by atoms with Crippen LogP contribution in [0.2, 0.25) is 5.02 Å². The number of likely N-dealkylation sites (N-methyl/N-ethyl adjacent to an activating group) is 1. The molecule has 0 saturated heterocycles. The number of fused-ring (bicyclic) bond motifs is 6. The lowest BCUT2D eigenvalue weighted by Gasteiger charge is -2.25. The van der Waals surface area contributed by atoms with Gasteiger partial charge in [-0.25, -0.2) is 0 Å². The highest BCUT2D eigenvalue weighted by atomic mass is 35.5. The number of hydrogen-bond donors (Lipinski definition) is 7. The zero-order valence-corrected chi connectivity index (χ0v) is 86.3. The average molecular weight is 1850 g/mol. The average Bonchev–Trinajstić information content (AvgIpc) is 1.75. The van der Waals surface area contributed by atoms with E-state index in [0.29, 0.717) is 29.7 Å². The molecule has 15 heteroatoms. The molecule has 0 spiro atoms. The second-order valence-corrected chi connectivity index (χ2v) is 42.6. The molecule has 14 nitrogen and oxygen atoms in total. The number of aromatic nitrogens is 6. The first-order chi connectivity index (χ1) is 65.0. The maximum Gasteiger partial charge on any atom is 0.251 e. The van der Waals surface area contributed by atoms with Crippen LogP contribution >= 0.6 is 11.6 Å². The van der Waals surface area contributed by atoms with E-state index in [1.807, 2.05) is 143 Å². The number of hydrogen-bond acceptors (Lipinski definition) is 7. The van der Waals surface area contributed by atoms with Gasteiger partial charge in [0.1, 0.15) is 28.7 Å². The fourth-order valence-electron chi connectivity index (χ4n) is 17.9. The molecule has 0 aliphatic heterocycles. The van der Waals surface area contributed by atoms with Crippen LogP contribution in [0, 0.1) is 0 Å². The number of rotatable bonds is 17. The molecule has 6 aromatic heterocycles. The molecule has 12 aromatic carbocycles. The van der Waals surface area contributed by atoms with Crippen molar-refractivity contribution in [1.29, 1.82) is 0 Å². The number of para-hydroxylation sites is 2. The number of nitrogens with one attached hydrogen (secondary N) is 7. The van der Waals surface area contributed by atoms with E-state index in [0.717, 1.165) is 85.2 Å².